The third-order valence-electron chi connectivity index (χ3n) is 4.61. The predicted octanol–water partition coefficient (Wildman–Crippen LogP) is 4.64. The van der Waals surface area contributed by atoms with Crippen molar-refractivity contribution in [2.45, 2.75) is 31.5 Å². The number of thioether (sulfide) groups is 1. The molecular weight excluding hydrogens is 368 g/mol. The van der Waals surface area contributed by atoms with Crippen molar-refractivity contribution in [3.8, 4) is 11.1 Å². The van der Waals surface area contributed by atoms with E-state index in [0.717, 1.165) is 27.5 Å². The largest absolute Gasteiger partial charge is 0.350 e. The van der Waals surface area contributed by atoms with Crippen molar-refractivity contribution in [3.63, 3.8) is 0 Å². The molecule has 3 heterocycles. The number of benzene rings is 1. The Balaban J connectivity index is 1.69. The van der Waals surface area contributed by atoms with Crippen LogP contribution in [0.5, 0.6) is 0 Å². The molecule has 0 amide bonds. The number of pyridine rings is 1. The van der Waals surface area contributed by atoms with Gasteiger partial charge in [-0.05, 0) is 29.4 Å². The molecule has 6 nitrogen and oxygen atoms in total. The second kappa shape index (κ2) is 7.98. The van der Waals surface area contributed by atoms with Crippen LogP contribution in [0.15, 0.2) is 60.1 Å². The summed E-state index contributed by atoms with van der Waals surface area (Å²) in [5, 5.41) is 8.71. The quantitative estimate of drug-likeness (QED) is 0.484. The zero-order valence-electron chi connectivity index (χ0n) is 16.1. The molecule has 142 valence electrons. The minimum absolute atomic E-state index is 0.348. The van der Waals surface area contributed by atoms with Crippen molar-refractivity contribution in [3.05, 3.63) is 66.1 Å². The fourth-order valence-corrected chi connectivity index (χ4v) is 3.50. The molecule has 3 aromatic heterocycles. The van der Waals surface area contributed by atoms with Crippen molar-refractivity contribution >= 4 is 23.4 Å². The lowest BCUT2D eigenvalue weighted by Gasteiger charge is -2.12. The van der Waals surface area contributed by atoms with Crippen LogP contribution >= 0.6 is 11.8 Å². The van der Waals surface area contributed by atoms with Gasteiger partial charge in [-0.2, -0.15) is 14.6 Å². The Labute approximate surface area is 168 Å². The first-order valence-corrected chi connectivity index (χ1v) is 10.4. The van der Waals surface area contributed by atoms with E-state index in [1.165, 1.54) is 17.3 Å². The van der Waals surface area contributed by atoms with Gasteiger partial charge in [-0.25, -0.2) is 4.98 Å². The van der Waals surface area contributed by atoms with Gasteiger partial charge in [0, 0.05) is 30.1 Å². The van der Waals surface area contributed by atoms with Gasteiger partial charge in [0.2, 0.25) is 5.95 Å². The van der Waals surface area contributed by atoms with Gasteiger partial charge < -0.3 is 5.32 Å². The molecule has 28 heavy (non-hydrogen) atoms. The molecule has 0 saturated heterocycles. The van der Waals surface area contributed by atoms with Gasteiger partial charge in [-0.3, -0.25) is 4.98 Å². The van der Waals surface area contributed by atoms with E-state index in [4.69, 9.17) is 0 Å². The van der Waals surface area contributed by atoms with Crippen molar-refractivity contribution < 1.29 is 0 Å². The lowest BCUT2D eigenvalue weighted by Crippen LogP contribution is -2.10. The van der Waals surface area contributed by atoms with Crippen molar-refractivity contribution in [2.24, 2.45) is 0 Å². The van der Waals surface area contributed by atoms with Gasteiger partial charge in [0.1, 0.15) is 0 Å². The van der Waals surface area contributed by atoms with Crippen LogP contribution in [-0.4, -0.2) is 30.8 Å². The molecule has 0 saturated carbocycles. The molecule has 0 aliphatic rings. The first-order valence-electron chi connectivity index (χ1n) is 9.19. The van der Waals surface area contributed by atoms with E-state index in [1.54, 1.807) is 10.7 Å². The van der Waals surface area contributed by atoms with Gasteiger partial charge in [0.15, 0.2) is 10.8 Å². The Morgan fingerprint density at radius 2 is 1.93 bits per heavy atom. The number of nitrogens with zero attached hydrogens (tertiary/aromatic N) is 5. The number of aromatic nitrogens is 5. The summed E-state index contributed by atoms with van der Waals surface area (Å²) in [6, 6.07) is 12.3. The highest BCUT2D eigenvalue weighted by Crippen LogP contribution is 2.25. The minimum atomic E-state index is 0.348. The molecule has 0 aliphatic heterocycles. The highest BCUT2D eigenvalue weighted by molar-refractivity contribution is 7.98. The van der Waals surface area contributed by atoms with Gasteiger partial charge in [-0.1, -0.05) is 55.9 Å². The monoisotopic (exact) mass is 390 g/mol. The Kier molecular flexibility index (Phi) is 5.25. The maximum Gasteiger partial charge on any atom is 0.228 e. The average Bonchev–Trinajstić information content (AvgIpc) is 3.17. The topological polar surface area (TPSA) is 68.0 Å². The van der Waals surface area contributed by atoms with Gasteiger partial charge in [-0.15, -0.1) is 0 Å². The van der Waals surface area contributed by atoms with Gasteiger partial charge in [0.25, 0.3) is 0 Å². The predicted molar refractivity (Wildman–Crippen MR) is 114 cm³/mol. The smallest absolute Gasteiger partial charge is 0.228 e. The highest BCUT2D eigenvalue weighted by atomic mass is 32.2. The summed E-state index contributed by atoms with van der Waals surface area (Å²) in [6.07, 6.45) is 7.54. The maximum absolute atomic E-state index is 4.66. The second-order valence-corrected chi connectivity index (χ2v) is 7.55. The fraction of sp³-hybridized carbons (Fsp3) is 0.238. The number of anilines is 1. The number of fused-ring (bicyclic) bond motifs is 1. The minimum Gasteiger partial charge on any atom is -0.350 e. The van der Waals surface area contributed by atoms with E-state index in [1.807, 2.05) is 36.8 Å². The van der Waals surface area contributed by atoms with Crippen molar-refractivity contribution in [2.75, 3.05) is 11.6 Å². The van der Waals surface area contributed by atoms with E-state index in [0.29, 0.717) is 18.4 Å². The molecule has 4 aromatic rings. The summed E-state index contributed by atoms with van der Waals surface area (Å²) >= 11 is 1.53. The molecule has 1 aromatic carbocycles. The van der Waals surface area contributed by atoms with Crippen LogP contribution in [0, 0.1) is 0 Å². The molecule has 0 spiro atoms. The zero-order valence-corrected chi connectivity index (χ0v) is 16.9. The first kappa shape index (κ1) is 18.4. The summed E-state index contributed by atoms with van der Waals surface area (Å²) in [5.41, 5.74) is 5.40. The summed E-state index contributed by atoms with van der Waals surface area (Å²) in [5.74, 6) is 1.04. The Bertz CT molecular complexity index is 1090. The molecule has 0 atom stereocenters. The summed E-state index contributed by atoms with van der Waals surface area (Å²) in [6.45, 7) is 4.92. The van der Waals surface area contributed by atoms with E-state index < -0.39 is 0 Å². The Morgan fingerprint density at radius 3 is 2.68 bits per heavy atom. The van der Waals surface area contributed by atoms with Crippen LogP contribution in [-0.2, 0) is 6.54 Å². The number of hydrogen-bond donors (Lipinski definition) is 1. The molecule has 0 unspecified atom stereocenters. The molecule has 7 heteroatoms. The molecule has 0 fully saturated rings. The number of rotatable bonds is 6. The normalized spacial score (nSPS) is 11.3. The van der Waals surface area contributed by atoms with Crippen LogP contribution < -0.4 is 5.32 Å². The molecule has 0 radical (unpaired) electrons. The zero-order chi connectivity index (χ0) is 19.5. The first-order chi connectivity index (χ1) is 13.7. The SMILES string of the molecule is CSc1nc(NCc2ccccc2-c2cccnc2)n2ncc(C(C)C)c2n1. The lowest BCUT2D eigenvalue weighted by molar-refractivity contribution is 0.824. The summed E-state index contributed by atoms with van der Waals surface area (Å²) in [4.78, 5) is 13.5. The highest BCUT2D eigenvalue weighted by Gasteiger charge is 2.15. The lowest BCUT2D eigenvalue weighted by atomic mass is 10.0. The van der Waals surface area contributed by atoms with Gasteiger partial charge >= 0.3 is 0 Å². The molecule has 0 aliphatic carbocycles. The standard InChI is InChI=1S/C21H22N6S/c1-14(2)18-13-24-27-19(18)25-21(28-3)26-20(27)23-12-16-7-4-5-9-17(16)15-8-6-10-22-11-15/h4-11,13-14H,12H2,1-3H3,(H,23,25,26). The third kappa shape index (κ3) is 3.57. The number of nitrogens with one attached hydrogen (secondary N) is 1. The van der Waals surface area contributed by atoms with E-state index in [2.05, 4.69) is 57.4 Å². The molecular formula is C21H22N6S. The second-order valence-electron chi connectivity index (χ2n) is 6.78. The van der Waals surface area contributed by atoms with E-state index in [9.17, 15) is 0 Å². The van der Waals surface area contributed by atoms with Crippen LogP contribution in [0.1, 0.15) is 30.9 Å². The Hall–Kier alpha value is -2.93. The van der Waals surface area contributed by atoms with Crippen LogP contribution in [0.4, 0.5) is 5.95 Å². The average molecular weight is 391 g/mol. The van der Waals surface area contributed by atoms with Crippen LogP contribution in [0.3, 0.4) is 0 Å². The fourth-order valence-electron chi connectivity index (χ4n) is 3.14. The van der Waals surface area contributed by atoms with Gasteiger partial charge in [0.05, 0.1) is 6.20 Å². The third-order valence-corrected chi connectivity index (χ3v) is 5.15. The molecule has 0 bridgehead atoms. The van der Waals surface area contributed by atoms with E-state index >= 15 is 0 Å². The summed E-state index contributed by atoms with van der Waals surface area (Å²) < 4.78 is 1.79. The van der Waals surface area contributed by atoms with Crippen molar-refractivity contribution in [1.82, 2.24) is 24.6 Å². The molecule has 1 N–H and O–H groups in total. The van der Waals surface area contributed by atoms with Crippen LogP contribution in [0.25, 0.3) is 16.8 Å². The summed E-state index contributed by atoms with van der Waals surface area (Å²) in [7, 11) is 0. The number of hydrogen-bond acceptors (Lipinski definition) is 6. The van der Waals surface area contributed by atoms with E-state index in [-0.39, 0.29) is 0 Å². The Morgan fingerprint density at radius 1 is 1.07 bits per heavy atom. The van der Waals surface area contributed by atoms with Crippen LogP contribution in [0.2, 0.25) is 0 Å². The molecule has 4 rings (SSSR count). The van der Waals surface area contributed by atoms with Crippen molar-refractivity contribution in [1.29, 1.82) is 0 Å². The maximum atomic E-state index is 4.66.